The van der Waals surface area contributed by atoms with Crippen LogP contribution in [0.15, 0.2) is 12.4 Å². The highest BCUT2D eigenvalue weighted by Crippen LogP contribution is 2.08. The molecule has 0 aromatic carbocycles. The number of carbonyl (C=O) groups is 2. The van der Waals surface area contributed by atoms with Crippen molar-refractivity contribution in [1.29, 1.82) is 0 Å². The summed E-state index contributed by atoms with van der Waals surface area (Å²) in [5.41, 5.74) is 0.508. The molecule has 0 radical (unpaired) electrons. The summed E-state index contributed by atoms with van der Waals surface area (Å²) in [6, 6.07) is -0.582. The molecule has 1 heterocycles. The zero-order valence-corrected chi connectivity index (χ0v) is 9.80. The average molecular weight is 240 g/mol. The topological polar surface area (TPSA) is 98.3 Å². The fourth-order valence-electron chi connectivity index (χ4n) is 1.31. The molecule has 2 amide bonds. The van der Waals surface area contributed by atoms with Crippen molar-refractivity contribution in [3.63, 3.8) is 0 Å². The van der Waals surface area contributed by atoms with E-state index in [0.29, 0.717) is 12.1 Å². The van der Waals surface area contributed by atoms with Crippen LogP contribution in [0.4, 0.5) is 10.5 Å². The summed E-state index contributed by atoms with van der Waals surface area (Å²) in [4.78, 5) is 23.8. The number of hydrogen-bond acceptors (Lipinski definition) is 3. The van der Waals surface area contributed by atoms with Gasteiger partial charge in [0.15, 0.2) is 0 Å². The molecule has 0 spiro atoms. The summed E-state index contributed by atoms with van der Waals surface area (Å²) in [6.07, 6.45) is 3.66. The van der Waals surface area contributed by atoms with Crippen molar-refractivity contribution in [3.05, 3.63) is 12.4 Å². The summed E-state index contributed by atoms with van der Waals surface area (Å²) in [6.45, 7) is 3.38. The van der Waals surface area contributed by atoms with E-state index < -0.39 is 12.0 Å². The molecule has 1 atom stereocenters. The quantitative estimate of drug-likeness (QED) is 0.718. The molecule has 0 aliphatic rings. The van der Waals surface area contributed by atoms with Gasteiger partial charge >= 0.3 is 12.0 Å². The van der Waals surface area contributed by atoms with Gasteiger partial charge in [0.25, 0.3) is 0 Å². The smallest absolute Gasteiger partial charge is 0.323 e. The first kappa shape index (κ1) is 13.0. The summed E-state index contributed by atoms with van der Waals surface area (Å²) < 4.78 is 0. The maximum absolute atomic E-state index is 11.9. The van der Waals surface area contributed by atoms with E-state index in [1.165, 1.54) is 17.3 Å². The van der Waals surface area contributed by atoms with Crippen LogP contribution in [-0.4, -0.2) is 44.8 Å². The number of aromatic nitrogens is 2. The number of amides is 2. The van der Waals surface area contributed by atoms with Crippen molar-refractivity contribution in [2.45, 2.75) is 26.3 Å². The minimum absolute atomic E-state index is 0.141. The van der Waals surface area contributed by atoms with Crippen molar-refractivity contribution in [1.82, 2.24) is 15.1 Å². The minimum atomic E-state index is -1.03. The first-order valence-electron chi connectivity index (χ1n) is 5.32. The number of carbonyl (C=O) groups excluding carboxylic acids is 1. The predicted octanol–water partition coefficient (Wildman–Crippen LogP) is 1.13. The molecule has 7 nitrogen and oxygen atoms in total. The third kappa shape index (κ3) is 3.78. The lowest BCUT2D eigenvalue weighted by Crippen LogP contribution is -2.44. The largest absolute Gasteiger partial charge is 0.480 e. The Morgan fingerprint density at radius 2 is 2.35 bits per heavy atom. The Labute approximate surface area is 98.8 Å². The zero-order chi connectivity index (χ0) is 12.8. The molecule has 7 heteroatoms. The van der Waals surface area contributed by atoms with Gasteiger partial charge in [-0.1, -0.05) is 6.92 Å². The van der Waals surface area contributed by atoms with E-state index in [1.54, 1.807) is 6.92 Å². The molecular formula is C10H16N4O3. The third-order valence-corrected chi connectivity index (χ3v) is 2.44. The number of H-pyrrole nitrogens is 1. The Morgan fingerprint density at radius 3 is 2.82 bits per heavy atom. The number of aliphatic carboxylic acids is 1. The number of urea groups is 1. The second kappa shape index (κ2) is 5.88. The normalized spacial score (nSPS) is 11.9. The number of rotatable bonds is 5. The number of nitrogens with zero attached hydrogens (tertiary/aromatic N) is 2. The van der Waals surface area contributed by atoms with Crippen LogP contribution in [0.2, 0.25) is 0 Å². The first-order chi connectivity index (χ1) is 8.04. The summed E-state index contributed by atoms with van der Waals surface area (Å²) in [7, 11) is 0. The molecule has 1 unspecified atom stereocenters. The fourth-order valence-corrected chi connectivity index (χ4v) is 1.31. The van der Waals surface area contributed by atoms with E-state index in [4.69, 9.17) is 5.11 Å². The molecular weight excluding hydrogens is 224 g/mol. The van der Waals surface area contributed by atoms with Crippen molar-refractivity contribution in [3.8, 4) is 0 Å². The van der Waals surface area contributed by atoms with Gasteiger partial charge in [-0.2, -0.15) is 5.10 Å². The van der Waals surface area contributed by atoms with Crippen molar-refractivity contribution >= 4 is 17.7 Å². The van der Waals surface area contributed by atoms with Crippen LogP contribution < -0.4 is 5.32 Å². The highest BCUT2D eigenvalue weighted by atomic mass is 16.4. The van der Waals surface area contributed by atoms with Gasteiger partial charge in [0.1, 0.15) is 6.54 Å². The first-order valence-corrected chi connectivity index (χ1v) is 5.32. The van der Waals surface area contributed by atoms with E-state index in [-0.39, 0.29) is 12.6 Å². The van der Waals surface area contributed by atoms with Crippen molar-refractivity contribution in [2.24, 2.45) is 0 Å². The van der Waals surface area contributed by atoms with Crippen LogP contribution in [-0.2, 0) is 4.79 Å². The maximum Gasteiger partial charge on any atom is 0.323 e. The molecule has 0 bridgehead atoms. The summed E-state index contributed by atoms with van der Waals surface area (Å²) >= 11 is 0. The Kier molecular flexibility index (Phi) is 4.50. The van der Waals surface area contributed by atoms with Gasteiger partial charge in [0.2, 0.25) is 0 Å². The Bertz CT molecular complexity index is 377. The number of nitrogens with one attached hydrogen (secondary N) is 2. The lowest BCUT2D eigenvalue weighted by Gasteiger charge is -2.26. The highest BCUT2D eigenvalue weighted by Gasteiger charge is 2.21. The SMILES string of the molecule is CCC(C)N(CC(=O)O)C(=O)Nc1cn[nH]c1. The van der Waals surface area contributed by atoms with Gasteiger partial charge in [-0.3, -0.25) is 9.89 Å². The Hall–Kier alpha value is -2.05. The second-order valence-electron chi connectivity index (χ2n) is 3.70. The summed E-state index contributed by atoms with van der Waals surface area (Å²) in [5, 5.41) is 17.6. The molecule has 0 fully saturated rings. The monoisotopic (exact) mass is 240 g/mol. The van der Waals surface area contributed by atoms with Crippen LogP contribution in [0.25, 0.3) is 0 Å². The molecule has 1 rings (SSSR count). The average Bonchev–Trinajstić information content (AvgIpc) is 2.77. The molecule has 0 saturated heterocycles. The predicted molar refractivity (Wildman–Crippen MR) is 61.7 cm³/mol. The van der Waals surface area contributed by atoms with Crippen molar-refractivity contribution < 1.29 is 14.7 Å². The van der Waals surface area contributed by atoms with E-state index in [0.717, 1.165) is 0 Å². The minimum Gasteiger partial charge on any atom is -0.480 e. The standard InChI is InChI=1S/C10H16N4O3/c1-3-7(2)14(6-9(15)16)10(17)13-8-4-11-12-5-8/h4-5,7H,3,6H2,1-2H3,(H,11,12)(H,13,17)(H,15,16). The summed E-state index contributed by atoms with van der Waals surface area (Å²) in [5.74, 6) is -1.03. The Balaban J connectivity index is 2.68. The van der Waals surface area contributed by atoms with Gasteiger partial charge in [-0.05, 0) is 13.3 Å². The number of anilines is 1. The fraction of sp³-hybridized carbons (Fsp3) is 0.500. The zero-order valence-electron chi connectivity index (χ0n) is 9.80. The van der Waals surface area contributed by atoms with E-state index in [2.05, 4.69) is 15.5 Å². The Morgan fingerprint density at radius 1 is 1.65 bits per heavy atom. The number of hydrogen-bond donors (Lipinski definition) is 3. The highest BCUT2D eigenvalue weighted by molar-refractivity contribution is 5.91. The molecule has 0 saturated carbocycles. The van der Waals surface area contributed by atoms with E-state index >= 15 is 0 Å². The van der Waals surface area contributed by atoms with E-state index in [9.17, 15) is 9.59 Å². The van der Waals surface area contributed by atoms with Crippen LogP contribution >= 0.6 is 0 Å². The molecule has 3 N–H and O–H groups in total. The maximum atomic E-state index is 11.9. The number of carboxylic acid groups (broad SMARTS) is 1. The van der Waals surface area contributed by atoms with Crippen LogP contribution in [0.3, 0.4) is 0 Å². The third-order valence-electron chi connectivity index (χ3n) is 2.44. The van der Waals surface area contributed by atoms with Gasteiger partial charge in [-0.25, -0.2) is 4.79 Å². The van der Waals surface area contributed by atoms with Gasteiger partial charge in [0, 0.05) is 12.2 Å². The van der Waals surface area contributed by atoms with E-state index in [1.807, 2.05) is 6.92 Å². The van der Waals surface area contributed by atoms with Crippen molar-refractivity contribution in [2.75, 3.05) is 11.9 Å². The van der Waals surface area contributed by atoms with Gasteiger partial charge in [-0.15, -0.1) is 0 Å². The van der Waals surface area contributed by atoms with Gasteiger partial charge < -0.3 is 15.3 Å². The number of aromatic amines is 1. The lowest BCUT2D eigenvalue weighted by molar-refractivity contribution is -0.138. The lowest BCUT2D eigenvalue weighted by atomic mass is 10.2. The molecule has 17 heavy (non-hydrogen) atoms. The molecule has 1 aromatic heterocycles. The molecule has 94 valence electrons. The molecule has 0 aliphatic carbocycles. The van der Waals surface area contributed by atoms with Crippen LogP contribution in [0.5, 0.6) is 0 Å². The van der Waals surface area contributed by atoms with Gasteiger partial charge in [0.05, 0.1) is 11.9 Å². The molecule has 1 aromatic rings. The van der Waals surface area contributed by atoms with Crippen LogP contribution in [0.1, 0.15) is 20.3 Å². The molecule has 0 aliphatic heterocycles. The number of carboxylic acids is 1. The van der Waals surface area contributed by atoms with Crippen LogP contribution in [0, 0.1) is 0 Å². The second-order valence-corrected chi connectivity index (χ2v) is 3.70.